The van der Waals surface area contributed by atoms with Gasteiger partial charge in [0, 0.05) is 38.6 Å². The van der Waals surface area contributed by atoms with Gasteiger partial charge in [0.1, 0.15) is 18.2 Å². The zero-order chi connectivity index (χ0) is 21.3. The van der Waals surface area contributed by atoms with Gasteiger partial charge in [0.2, 0.25) is 0 Å². The first-order valence-electron chi connectivity index (χ1n) is 10.4. The van der Waals surface area contributed by atoms with Crippen LogP contribution >= 0.6 is 12.4 Å². The Kier molecular flexibility index (Phi) is 7.00. The molecule has 4 rings (SSSR count). The Bertz CT molecular complexity index is 945. The topological polar surface area (TPSA) is 78.9 Å². The number of aryl methyl sites for hydroxylation is 2. The monoisotopic (exact) mass is 445 g/mol. The maximum atomic E-state index is 12.9. The number of piperazine rings is 1. The third kappa shape index (κ3) is 4.58. The average molecular weight is 446 g/mol. The second kappa shape index (κ2) is 9.51. The Balaban J connectivity index is 0.00000272. The Morgan fingerprint density at radius 3 is 2.48 bits per heavy atom. The van der Waals surface area contributed by atoms with E-state index in [1.54, 1.807) is 23.2 Å². The van der Waals surface area contributed by atoms with E-state index in [9.17, 15) is 9.59 Å². The van der Waals surface area contributed by atoms with E-state index >= 15 is 0 Å². The fourth-order valence-electron chi connectivity index (χ4n) is 4.04. The van der Waals surface area contributed by atoms with E-state index in [-0.39, 0.29) is 30.4 Å². The molecule has 0 N–H and O–H groups in total. The van der Waals surface area contributed by atoms with E-state index in [2.05, 4.69) is 27.9 Å². The van der Waals surface area contributed by atoms with Crippen LogP contribution in [0.25, 0.3) is 0 Å². The lowest BCUT2D eigenvalue weighted by atomic mass is 10.1. The SMILES string of the molecule is CC[C@@H]1COC(=O)N1c1ccc(C(=O)N2CCN(c3ncc(C)cc3C)CC2)cn1.Cl. The predicted molar refractivity (Wildman–Crippen MR) is 121 cm³/mol. The number of amides is 2. The molecular weight excluding hydrogens is 418 g/mol. The smallest absolute Gasteiger partial charge is 0.415 e. The number of aromatic nitrogens is 2. The van der Waals surface area contributed by atoms with Gasteiger partial charge in [-0.2, -0.15) is 0 Å². The van der Waals surface area contributed by atoms with Gasteiger partial charge in [-0.25, -0.2) is 14.8 Å². The zero-order valence-electron chi connectivity index (χ0n) is 18.1. The number of cyclic esters (lactones) is 1. The molecule has 2 aliphatic rings. The lowest BCUT2D eigenvalue weighted by Gasteiger charge is -2.36. The van der Waals surface area contributed by atoms with E-state index in [4.69, 9.17) is 4.74 Å². The number of hydrogen-bond donors (Lipinski definition) is 0. The highest BCUT2D eigenvalue weighted by Gasteiger charge is 2.34. The largest absolute Gasteiger partial charge is 0.447 e. The normalized spacial score (nSPS) is 18.6. The lowest BCUT2D eigenvalue weighted by molar-refractivity contribution is 0.0746. The molecule has 2 aromatic rings. The second-order valence-corrected chi connectivity index (χ2v) is 7.85. The van der Waals surface area contributed by atoms with Crippen molar-refractivity contribution in [2.24, 2.45) is 0 Å². The van der Waals surface area contributed by atoms with Crippen molar-refractivity contribution in [1.82, 2.24) is 14.9 Å². The average Bonchev–Trinajstić information content (AvgIpc) is 3.14. The highest BCUT2D eigenvalue weighted by molar-refractivity contribution is 5.95. The lowest BCUT2D eigenvalue weighted by Crippen LogP contribution is -2.49. The summed E-state index contributed by atoms with van der Waals surface area (Å²) in [6, 6.07) is 5.57. The van der Waals surface area contributed by atoms with Crippen LogP contribution in [0.1, 0.15) is 34.8 Å². The number of ether oxygens (including phenoxy) is 1. The molecule has 0 radical (unpaired) electrons. The first-order valence-corrected chi connectivity index (χ1v) is 10.4. The summed E-state index contributed by atoms with van der Waals surface area (Å²) in [6.45, 7) is 9.23. The van der Waals surface area contributed by atoms with Crippen molar-refractivity contribution in [3.63, 3.8) is 0 Å². The molecule has 166 valence electrons. The molecule has 8 nitrogen and oxygen atoms in total. The number of halogens is 1. The van der Waals surface area contributed by atoms with Gasteiger partial charge < -0.3 is 14.5 Å². The molecule has 0 unspecified atom stereocenters. The van der Waals surface area contributed by atoms with Crippen LogP contribution in [-0.4, -0.2) is 65.7 Å². The van der Waals surface area contributed by atoms with Crippen LogP contribution in [0.3, 0.4) is 0 Å². The summed E-state index contributed by atoms with van der Waals surface area (Å²) in [6.07, 6.45) is 3.83. The van der Waals surface area contributed by atoms with E-state index in [0.717, 1.165) is 36.5 Å². The number of rotatable bonds is 4. The highest BCUT2D eigenvalue weighted by atomic mass is 35.5. The Morgan fingerprint density at radius 1 is 1.13 bits per heavy atom. The Hall–Kier alpha value is -2.87. The van der Waals surface area contributed by atoms with Crippen LogP contribution in [0, 0.1) is 13.8 Å². The number of nitrogens with zero attached hydrogens (tertiary/aromatic N) is 5. The van der Waals surface area contributed by atoms with Crippen LogP contribution in [0.15, 0.2) is 30.6 Å². The molecular formula is C22H28ClN5O3. The van der Waals surface area contributed by atoms with E-state index in [0.29, 0.717) is 31.1 Å². The first kappa shape index (κ1) is 22.8. The Morgan fingerprint density at radius 2 is 1.87 bits per heavy atom. The van der Waals surface area contributed by atoms with Gasteiger partial charge in [-0.15, -0.1) is 12.4 Å². The number of carbonyl (C=O) groups excluding carboxylic acids is 2. The summed E-state index contributed by atoms with van der Waals surface area (Å²) in [5, 5.41) is 0. The van der Waals surface area contributed by atoms with E-state index in [1.807, 2.05) is 24.9 Å². The second-order valence-electron chi connectivity index (χ2n) is 7.85. The third-order valence-corrected chi connectivity index (χ3v) is 5.73. The maximum absolute atomic E-state index is 12.9. The van der Waals surface area contributed by atoms with Gasteiger partial charge in [-0.3, -0.25) is 9.69 Å². The molecule has 2 saturated heterocycles. The summed E-state index contributed by atoms with van der Waals surface area (Å²) in [5.74, 6) is 1.46. The molecule has 0 saturated carbocycles. The molecule has 31 heavy (non-hydrogen) atoms. The van der Waals surface area contributed by atoms with Crippen LogP contribution in [0.2, 0.25) is 0 Å². The van der Waals surface area contributed by atoms with Gasteiger partial charge >= 0.3 is 6.09 Å². The van der Waals surface area contributed by atoms with Gasteiger partial charge in [-0.1, -0.05) is 13.0 Å². The molecule has 1 atom stereocenters. The molecule has 0 aromatic carbocycles. The molecule has 2 aromatic heterocycles. The first-order chi connectivity index (χ1) is 14.5. The van der Waals surface area contributed by atoms with Gasteiger partial charge in [0.05, 0.1) is 11.6 Å². The fraction of sp³-hybridized carbons (Fsp3) is 0.455. The minimum Gasteiger partial charge on any atom is -0.447 e. The van der Waals surface area contributed by atoms with Crippen molar-refractivity contribution >= 4 is 36.0 Å². The van der Waals surface area contributed by atoms with Crippen molar-refractivity contribution in [1.29, 1.82) is 0 Å². The third-order valence-electron chi connectivity index (χ3n) is 5.73. The molecule has 2 fully saturated rings. The van der Waals surface area contributed by atoms with Crippen LogP contribution < -0.4 is 9.80 Å². The van der Waals surface area contributed by atoms with Crippen LogP contribution in [0.5, 0.6) is 0 Å². The Labute approximate surface area is 188 Å². The molecule has 0 aliphatic carbocycles. The highest BCUT2D eigenvalue weighted by Crippen LogP contribution is 2.24. The summed E-state index contributed by atoms with van der Waals surface area (Å²) in [7, 11) is 0. The molecule has 2 aliphatic heterocycles. The number of pyridine rings is 2. The number of carbonyl (C=O) groups is 2. The quantitative estimate of drug-likeness (QED) is 0.719. The van der Waals surface area contributed by atoms with Gasteiger partial charge in [-0.05, 0) is 43.5 Å². The van der Waals surface area contributed by atoms with Crippen LogP contribution in [-0.2, 0) is 4.74 Å². The van der Waals surface area contributed by atoms with Gasteiger partial charge in [0.15, 0.2) is 0 Å². The molecule has 0 spiro atoms. The molecule has 4 heterocycles. The molecule has 0 bridgehead atoms. The fourth-order valence-corrected chi connectivity index (χ4v) is 4.04. The van der Waals surface area contributed by atoms with Gasteiger partial charge in [0.25, 0.3) is 5.91 Å². The van der Waals surface area contributed by atoms with E-state index < -0.39 is 0 Å². The number of hydrogen-bond acceptors (Lipinski definition) is 6. The minimum atomic E-state index is -0.385. The summed E-state index contributed by atoms with van der Waals surface area (Å²) in [5.41, 5.74) is 2.83. The zero-order valence-corrected chi connectivity index (χ0v) is 18.9. The minimum absolute atomic E-state index is 0. The summed E-state index contributed by atoms with van der Waals surface area (Å²) >= 11 is 0. The van der Waals surface area contributed by atoms with Crippen molar-refractivity contribution in [2.75, 3.05) is 42.6 Å². The van der Waals surface area contributed by atoms with Crippen molar-refractivity contribution < 1.29 is 14.3 Å². The summed E-state index contributed by atoms with van der Waals surface area (Å²) < 4.78 is 5.12. The van der Waals surface area contributed by atoms with Crippen molar-refractivity contribution in [3.05, 3.63) is 47.3 Å². The summed E-state index contributed by atoms with van der Waals surface area (Å²) in [4.78, 5) is 39.5. The molecule has 2 amide bonds. The van der Waals surface area contributed by atoms with E-state index in [1.165, 1.54) is 0 Å². The standard InChI is InChI=1S/C22H27N5O3.ClH/c1-4-18-14-30-22(29)27(18)19-6-5-17(13-23-19)21(28)26-9-7-25(8-10-26)20-16(3)11-15(2)12-24-20;/h5-6,11-13,18H,4,7-10,14H2,1-3H3;1H/t18-;/m1./s1. The predicted octanol–water partition coefficient (Wildman–Crippen LogP) is 3.21. The number of anilines is 2. The molecule has 9 heteroatoms. The van der Waals surface area contributed by atoms with Crippen molar-refractivity contribution in [2.45, 2.75) is 33.2 Å². The van der Waals surface area contributed by atoms with Crippen LogP contribution in [0.4, 0.5) is 16.4 Å². The maximum Gasteiger partial charge on any atom is 0.415 e. The van der Waals surface area contributed by atoms with Crippen molar-refractivity contribution in [3.8, 4) is 0 Å².